The third-order valence-electron chi connectivity index (χ3n) is 4.08. The number of nitrogens with zero attached hydrogens (tertiary/aromatic N) is 3. The zero-order valence-corrected chi connectivity index (χ0v) is 11.2. The molecule has 0 saturated heterocycles. The first-order chi connectivity index (χ1) is 10.4. The number of aromatic nitrogens is 3. The molecule has 5 rings (SSSR count). The van der Waals surface area contributed by atoms with Crippen LogP contribution in [0.5, 0.6) is 0 Å². The van der Waals surface area contributed by atoms with Gasteiger partial charge in [-0.15, -0.1) is 5.10 Å². The lowest BCUT2D eigenvalue weighted by atomic mass is 10.1. The molecule has 0 radical (unpaired) electrons. The molecule has 3 heteroatoms. The van der Waals surface area contributed by atoms with Crippen LogP contribution < -0.4 is 0 Å². The molecule has 0 N–H and O–H groups in total. The summed E-state index contributed by atoms with van der Waals surface area (Å²) >= 11 is 0. The first-order valence-electron chi connectivity index (χ1n) is 6.97. The average molecular weight is 269 g/mol. The Kier molecular flexibility index (Phi) is 1.95. The van der Waals surface area contributed by atoms with Gasteiger partial charge in [-0.25, -0.2) is 4.52 Å². The number of benzene rings is 3. The van der Waals surface area contributed by atoms with E-state index in [1.807, 2.05) is 22.7 Å². The molecule has 0 atom stereocenters. The largest absolute Gasteiger partial charge is 0.212 e. The summed E-state index contributed by atoms with van der Waals surface area (Å²) < 4.78 is 1.96. The second kappa shape index (κ2) is 3.79. The SMILES string of the molecule is c1ccc(-c2nnn3c4cccc5cccc(c54)c23)cc1. The predicted octanol–water partition coefficient (Wildman–Crippen LogP) is 4.14. The highest BCUT2D eigenvalue weighted by Crippen LogP contribution is 2.36. The van der Waals surface area contributed by atoms with E-state index in [0.717, 1.165) is 22.3 Å². The highest BCUT2D eigenvalue weighted by Gasteiger charge is 2.17. The quantitative estimate of drug-likeness (QED) is 0.458. The lowest BCUT2D eigenvalue weighted by Gasteiger charge is -1.98. The molecule has 0 aliphatic heterocycles. The minimum absolute atomic E-state index is 0.944. The second-order valence-corrected chi connectivity index (χ2v) is 5.25. The molecular weight excluding hydrogens is 258 g/mol. The Balaban J connectivity index is 2.03. The van der Waals surface area contributed by atoms with E-state index in [9.17, 15) is 0 Å². The van der Waals surface area contributed by atoms with Crippen molar-refractivity contribution in [3.05, 3.63) is 66.7 Å². The first kappa shape index (κ1) is 10.8. The molecule has 0 fully saturated rings. The van der Waals surface area contributed by atoms with E-state index in [0.29, 0.717) is 0 Å². The molecule has 5 aromatic rings. The number of hydrogen-bond acceptors (Lipinski definition) is 2. The molecule has 98 valence electrons. The minimum Gasteiger partial charge on any atom is -0.212 e. The van der Waals surface area contributed by atoms with Crippen LogP contribution in [0.2, 0.25) is 0 Å². The Labute approximate surface area is 120 Å². The fraction of sp³-hybridized carbons (Fsp3) is 0. The topological polar surface area (TPSA) is 30.2 Å². The van der Waals surface area contributed by atoms with Crippen molar-refractivity contribution in [1.29, 1.82) is 0 Å². The smallest absolute Gasteiger partial charge is 0.121 e. The highest BCUT2D eigenvalue weighted by atomic mass is 15.4. The third kappa shape index (κ3) is 1.32. The molecule has 0 unspecified atom stereocenters. The van der Waals surface area contributed by atoms with Crippen LogP contribution in [-0.2, 0) is 0 Å². The third-order valence-corrected chi connectivity index (χ3v) is 4.08. The molecule has 0 spiro atoms. The summed E-state index contributed by atoms with van der Waals surface area (Å²) in [5, 5.41) is 12.5. The van der Waals surface area contributed by atoms with Crippen LogP contribution in [0.3, 0.4) is 0 Å². The van der Waals surface area contributed by atoms with Gasteiger partial charge in [0.05, 0.1) is 5.52 Å². The molecule has 0 bridgehead atoms. The molecule has 2 aromatic heterocycles. The maximum atomic E-state index is 4.41. The Morgan fingerprint density at radius 2 is 1.57 bits per heavy atom. The van der Waals surface area contributed by atoms with Gasteiger partial charge in [0.15, 0.2) is 0 Å². The molecule has 3 nitrogen and oxygen atoms in total. The Hall–Kier alpha value is -2.94. The summed E-state index contributed by atoms with van der Waals surface area (Å²) in [6.07, 6.45) is 0. The van der Waals surface area contributed by atoms with Crippen LogP contribution >= 0.6 is 0 Å². The molecule has 2 heterocycles. The van der Waals surface area contributed by atoms with E-state index in [2.05, 4.69) is 58.8 Å². The maximum Gasteiger partial charge on any atom is 0.121 e. The van der Waals surface area contributed by atoms with Crippen molar-refractivity contribution in [2.45, 2.75) is 0 Å². The van der Waals surface area contributed by atoms with Gasteiger partial charge < -0.3 is 0 Å². The van der Waals surface area contributed by atoms with E-state index >= 15 is 0 Å². The van der Waals surface area contributed by atoms with Gasteiger partial charge in [0.2, 0.25) is 0 Å². The van der Waals surface area contributed by atoms with E-state index in [1.165, 1.54) is 16.2 Å². The molecule has 0 aliphatic rings. The zero-order chi connectivity index (χ0) is 13.8. The van der Waals surface area contributed by atoms with E-state index < -0.39 is 0 Å². The van der Waals surface area contributed by atoms with Crippen LogP contribution in [0.25, 0.3) is 38.4 Å². The standard InChI is InChI=1S/C18H11N3/c1-2-6-13(7-3-1)17-18-14-10-4-8-12-9-5-11-15(16(12)14)21(18)20-19-17/h1-11H. The molecule has 0 amide bonds. The summed E-state index contributed by atoms with van der Waals surface area (Å²) in [6.45, 7) is 0. The van der Waals surface area contributed by atoms with Gasteiger partial charge in [0.1, 0.15) is 11.2 Å². The lowest BCUT2D eigenvalue weighted by molar-refractivity contribution is 0.888. The summed E-state index contributed by atoms with van der Waals surface area (Å²) in [6, 6.07) is 22.9. The molecular formula is C18H11N3. The number of fused-ring (bicyclic) bond motifs is 3. The van der Waals surface area contributed by atoms with Gasteiger partial charge in [-0.05, 0) is 11.5 Å². The number of hydrogen-bond donors (Lipinski definition) is 0. The maximum absolute atomic E-state index is 4.41. The molecule has 0 saturated carbocycles. The van der Waals surface area contributed by atoms with E-state index in [-0.39, 0.29) is 0 Å². The van der Waals surface area contributed by atoms with Crippen molar-refractivity contribution in [2.24, 2.45) is 0 Å². The predicted molar refractivity (Wildman–Crippen MR) is 84.6 cm³/mol. The van der Waals surface area contributed by atoms with Gasteiger partial charge in [0.25, 0.3) is 0 Å². The Morgan fingerprint density at radius 3 is 2.43 bits per heavy atom. The monoisotopic (exact) mass is 269 g/mol. The van der Waals surface area contributed by atoms with Crippen LogP contribution in [0.1, 0.15) is 0 Å². The van der Waals surface area contributed by atoms with Crippen molar-refractivity contribution >= 4 is 27.2 Å². The zero-order valence-electron chi connectivity index (χ0n) is 11.2. The normalized spacial score (nSPS) is 11.8. The fourth-order valence-corrected chi connectivity index (χ4v) is 3.18. The van der Waals surface area contributed by atoms with E-state index in [1.54, 1.807) is 0 Å². The summed E-state index contributed by atoms with van der Waals surface area (Å²) in [4.78, 5) is 0. The Bertz CT molecular complexity index is 1070. The van der Waals surface area contributed by atoms with Crippen molar-refractivity contribution in [2.75, 3.05) is 0 Å². The first-order valence-corrected chi connectivity index (χ1v) is 6.97. The molecule has 21 heavy (non-hydrogen) atoms. The summed E-state index contributed by atoms with van der Waals surface area (Å²) in [7, 11) is 0. The van der Waals surface area contributed by atoms with Crippen LogP contribution in [0, 0.1) is 0 Å². The van der Waals surface area contributed by atoms with Crippen LogP contribution in [0.4, 0.5) is 0 Å². The van der Waals surface area contributed by atoms with Crippen molar-refractivity contribution in [1.82, 2.24) is 14.8 Å². The highest BCUT2D eigenvalue weighted by molar-refractivity contribution is 6.18. The summed E-state index contributed by atoms with van der Waals surface area (Å²) in [5.41, 5.74) is 4.25. The second-order valence-electron chi connectivity index (χ2n) is 5.25. The molecule has 0 aliphatic carbocycles. The van der Waals surface area contributed by atoms with E-state index in [4.69, 9.17) is 0 Å². The van der Waals surface area contributed by atoms with Gasteiger partial charge in [-0.2, -0.15) is 0 Å². The lowest BCUT2D eigenvalue weighted by Crippen LogP contribution is -1.82. The Morgan fingerprint density at radius 1 is 0.762 bits per heavy atom. The van der Waals surface area contributed by atoms with Gasteiger partial charge >= 0.3 is 0 Å². The van der Waals surface area contributed by atoms with Crippen molar-refractivity contribution < 1.29 is 0 Å². The van der Waals surface area contributed by atoms with Crippen molar-refractivity contribution in [3.63, 3.8) is 0 Å². The fourth-order valence-electron chi connectivity index (χ4n) is 3.18. The van der Waals surface area contributed by atoms with Gasteiger partial charge in [-0.1, -0.05) is 65.9 Å². The number of rotatable bonds is 1. The minimum atomic E-state index is 0.944. The van der Waals surface area contributed by atoms with Crippen molar-refractivity contribution in [3.8, 4) is 11.3 Å². The molecule has 3 aromatic carbocycles. The average Bonchev–Trinajstić information content (AvgIpc) is 3.10. The summed E-state index contributed by atoms with van der Waals surface area (Å²) in [5.74, 6) is 0. The van der Waals surface area contributed by atoms with Crippen LogP contribution in [-0.4, -0.2) is 14.8 Å². The van der Waals surface area contributed by atoms with Gasteiger partial charge in [0, 0.05) is 16.3 Å². The van der Waals surface area contributed by atoms with Crippen LogP contribution in [0.15, 0.2) is 66.7 Å². The van der Waals surface area contributed by atoms with Gasteiger partial charge in [-0.3, -0.25) is 0 Å².